The fraction of sp³-hybridized carbons (Fsp3) is 0.250. The van der Waals surface area contributed by atoms with Gasteiger partial charge in [-0.3, -0.25) is 4.68 Å². The van der Waals surface area contributed by atoms with Crippen LogP contribution < -0.4 is 0 Å². The van der Waals surface area contributed by atoms with Gasteiger partial charge in [-0.1, -0.05) is 16.8 Å². The van der Waals surface area contributed by atoms with Gasteiger partial charge in [0, 0.05) is 6.20 Å². The van der Waals surface area contributed by atoms with Gasteiger partial charge in [0.1, 0.15) is 10.9 Å². The molecule has 5 nitrogen and oxygen atoms in total. The normalized spacial score (nSPS) is 12.0. The van der Waals surface area contributed by atoms with Gasteiger partial charge in [0.25, 0.3) is 0 Å². The highest BCUT2D eigenvalue weighted by Crippen LogP contribution is 2.30. The minimum absolute atomic E-state index is 0.152. The van der Waals surface area contributed by atoms with E-state index in [1.807, 2.05) is 0 Å². The molecule has 22 heavy (non-hydrogen) atoms. The molecule has 116 valence electrons. The summed E-state index contributed by atoms with van der Waals surface area (Å²) in [6.45, 7) is -1.13. The average molecular weight is 349 g/mol. The molecule has 0 aliphatic heterocycles. The van der Waals surface area contributed by atoms with Gasteiger partial charge in [-0.05, 0) is 17.5 Å². The Labute approximate surface area is 131 Å². The fourth-order valence-corrected chi connectivity index (χ4v) is 2.73. The van der Waals surface area contributed by atoms with E-state index < -0.39 is 12.7 Å². The predicted molar refractivity (Wildman–Crippen MR) is 73.7 cm³/mol. The Morgan fingerprint density at radius 1 is 1.32 bits per heavy atom. The van der Waals surface area contributed by atoms with Gasteiger partial charge in [-0.2, -0.15) is 23.3 Å². The number of thiophene rings is 1. The van der Waals surface area contributed by atoms with Gasteiger partial charge in [0.2, 0.25) is 11.7 Å². The Kier molecular flexibility index (Phi) is 3.92. The third-order valence-electron chi connectivity index (χ3n) is 2.70. The lowest BCUT2D eigenvalue weighted by atomic mass is 10.3. The van der Waals surface area contributed by atoms with Crippen molar-refractivity contribution in [3.8, 4) is 11.4 Å². The first-order valence-electron chi connectivity index (χ1n) is 6.06. The zero-order valence-corrected chi connectivity index (χ0v) is 12.4. The Morgan fingerprint density at radius 3 is 2.82 bits per heavy atom. The van der Waals surface area contributed by atoms with Crippen molar-refractivity contribution in [3.63, 3.8) is 0 Å². The van der Waals surface area contributed by atoms with Crippen molar-refractivity contribution in [2.24, 2.45) is 0 Å². The van der Waals surface area contributed by atoms with E-state index in [1.165, 1.54) is 23.6 Å². The first kappa shape index (κ1) is 15.0. The second-order valence-electron chi connectivity index (χ2n) is 4.42. The molecular formula is C12H8ClF3N4OS. The number of halogens is 4. The maximum Gasteiger partial charge on any atom is 0.408 e. The monoisotopic (exact) mass is 348 g/mol. The lowest BCUT2D eigenvalue weighted by Gasteiger charge is -2.05. The van der Waals surface area contributed by atoms with Gasteiger partial charge in [0.05, 0.1) is 17.7 Å². The van der Waals surface area contributed by atoms with Crippen molar-refractivity contribution >= 4 is 22.9 Å². The van der Waals surface area contributed by atoms with E-state index >= 15 is 0 Å². The molecule has 3 aromatic heterocycles. The summed E-state index contributed by atoms with van der Waals surface area (Å²) in [5, 5.41) is 9.43. The summed E-state index contributed by atoms with van der Waals surface area (Å²) >= 11 is 7.33. The van der Waals surface area contributed by atoms with Gasteiger partial charge < -0.3 is 4.52 Å². The fourth-order valence-electron chi connectivity index (χ4n) is 1.81. The predicted octanol–water partition coefficient (Wildman–Crippen LogP) is 3.80. The van der Waals surface area contributed by atoms with Gasteiger partial charge >= 0.3 is 6.18 Å². The highest BCUT2D eigenvalue weighted by molar-refractivity contribution is 7.15. The van der Waals surface area contributed by atoms with Crippen LogP contribution in [0.5, 0.6) is 0 Å². The number of hydrogen-bond acceptors (Lipinski definition) is 5. The quantitative estimate of drug-likeness (QED) is 0.719. The van der Waals surface area contributed by atoms with Crippen LogP contribution in [0.15, 0.2) is 28.2 Å². The second kappa shape index (κ2) is 5.73. The third kappa shape index (κ3) is 3.47. The molecule has 0 N–H and O–H groups in total. The Hall–Kier alpha value is -1.87. The molecule has 3 rings (SSSR count). The number of aromatic nitrogens is 4. The average Bonchev–Trinajstić information content (AvgIpc) is 3.10. The molecule has 0 fully saturated rings. The van der Waals surface area contributed by atoms with Crippen LogP contribution in [0.4, 0.5) is 13.2 Å². The topological polar surface area (TPSA) is 56.7 Å². The summed E-state index contributed by atoms with van der Waals surface area (Å²) in [6.07, 6.45) is -2.90. The summed E-state index contributed by atoms with van der Waals surface area (Å²) in [5.41, 5.74) is 1.07. The van der Waals surface area contributed by atoms with Crippen molar-refractivity contribution in [2.45, 2.75) is 19.1 Å². The minimum atomic E-state index is -4.31. The summed E-state index contributed by atoms with van der Waals surface area (Å²) in [6, 6.07) is 3.24. The van der Waals surface area contributed by atoms with Crippen molar-refractivity contribution in [2.75, 3.05) is 0 Å². The highest BCUT2D eigenvalue weighted by Gasteiger charge is 2.28. The lowest BCUT2D eigenvalue weighted by molar-refractivity contribution is -0.142. The van der Waals surface area contributed by atoms with Crippen LogP contribution in [0.25, 0.3) is 11.4 Å². The van der Waals surface area contributed by atoms with E-state index in [2.05, 4.69) is 15.2 Å². The molecule has 0 saturated heterocycles. The smallest absolute Gasteiger partial charge is 0.339 e. The number of hydrogen-bond donors (Lipinski definition) is 0. The Bertz CT molecular complexity index is 779. The molecule has 0 spiro atoms. The molecule has 0 aliphatic carbocycles. The maximum absolute atomic E-state index is 12.3. The molecule has 0 unspecified atom stereocenters. The molecule has 0 amide bonds. The van der Waals surface area contributed by atoms with E-state index in [-0.39, 0.29) is 12.3 Å². The van der Waals surface area contributed by atoms with Crippen LogP contribution in [-0.4, -0.2) is 26.1 Å². The number of alkyl halides is 3. The number of rotatable bonds is 4. The zero-order chi connectivity index (χ0) is 15.7. The molecule has 0 atom stereocenters. The van der Waals surface area contributed by atoms with E-state index in [9.17, 15) is 13.2 Å². The van der Waals surface area contributed by atoms with Crippen LogP contribution >= 0.6 is 22.9 Å². The van der Waals surface area contributed by atoms with Crippen LogP contribution in [0.1, 0.15) is 11.6 Å². The first-order valence-corrected chi connectivity index (χ1v) is 7.31. The molecule has 0 aliphatic rings. The minimum Gasteiger partial charge on any atom is -0.339 e. The summed E-state index contributed by atoms with van der Waals surface area (Å²) in [5.74, 6) is 0.602. The van der Waals surface area contributed by atoms with Crippen molar-refractivity contribution in [1.29, 1.82) is 0 Å². The van der Waals surface area contributed by atoms with Crippen LogP contribution in [0.2, 0.25) is 4.34 Å². The van der Waals surface area contributed by atoms with Crippen molar-refractivity contribution in [3.05, 3.63) is 39.6 Å². The second-order valence-corrected chi connectivity index (χ2v) is 5.93. The molecule has 3 heterocycles. The lowest BCUT2D eigenvalue weighted by Crippen LogP contribution is -2.18. The van der Waals surface area contributed by atoms with Crippen LogP contribution in [-0.2, 0) is 13.0 Å². The van der Waals surface area contributed by atoms with Gasteiger partial charge in [0.15, 0.2) is 0 Å². The molecule has 0 saturated carbocycles. The first-order chi connectivity index (χ1) is 10.4. The van der Waals surface area contributed by atoms with E-state index in [4.69, 9.17) is 16.1 Å². The molecular weight excluding hydrogens is 341 g/mol. The van der Waals surface area contributed by atoms with Crippen molar-refractivity contribution < 1.29 is 17.7 Å². The van der Waals surface area contributed by atoms with E-state index in [0.29, 0.717) is 21.4 Å². The maximum atomic E-state index is 12.3. The van der Waals surface area contributed by atoms with Gasteiger partial charge in [-0.15, -0.1) is 11.3 Å². The van der Waals surface area contributed by atoms with E-state index in [1.54, 1.807) is 11.4 Å². The third-order valence-corrected chi connectivity index (χ3v) is 3.87. The largest absolute Gasteiger partial charge is 0.408 e. The standard InChI is InChI=1S/C12H8ClF3N4OS/c13-10-8(2-4-22-10)11-17-9(21-19-11)5-7-1-3-20(18-7)6-12(14,15)16/h1-4H,5-6H2. The Balaban J connectivity index is 1.72. The number of nitrogens with zero attached hydrogens (tertiary/aromatic N) is 4. The zero-order valence-electron chi connectivity index (χ0n) is 10.8. The highest BCUT2D eigenvalue weighted by atomic mass is 35.5. The summed E-state index contributed by atoms with van der Waals surface area (Å²) < 4.78 is 43.2. The Morgan fingerprint density at radius 2 is 2.14 bits per heavy atom. The van der Waals surface area contributed by atoms with E-state index in [0.717, 1.165) is 4.68 Å². The molecule has 0 radical (unpaired) electrons. The van der Waals surface area contributed by atoms with Gasteiger partial charge in [-0.25, -0.2) is 0 Å². The molecule has 0 aromatic carbocycles. The summed E-state index contributed by atoms with van der Waals surface area (Å²) in [7, 11) is 0. The summed E-state index contributed by atoms with van der Waals surface area (Å²) in [4.78, 5) is 4.17. The molecule has 0 bridgehead atoms. The SMILES string of the molecule is FC(F)(F)Cn1ccc(Cc2nc(-c3ccsc3Cl)no2)n1. The molecule has 10 heteroatoms. The van der Waals surface area contributed by atoms with Crippen LogP contribution in [0, 0.1) is 0 Å². The van der Waals surface area contributed by atoms with Crippen molar-refractivity contribution in [1.82, 2.24) is 19.9 Å². The van der Waals surface area contributed by atoms with Crippen LogP contribution in [0.3, 0.4) is 0 Å². The molecule has 3 aromatic rings.